The molecule has 0 N–H and O–H groups in total. The van der Waals surface area contributed by atoms with Crippen LogP contribution in [0, 0.1) is 18.6 Å². The second-order valence-electron chi connectivity index (χ2n) is 8.98. The highest BCUT2D eigenvalue weighted by molar-refractivity contribution is 6.42. The lowest BCUT2D eigenvalue weighted by atomic mass is 10.0. The van der Waals surface area contributed by atoms with Gasteiger partial charge in [0.1, 0.15) is 17.2 Å². The van der Waals surface area contributed by atoms with E-state index in [0.29, 0.717) is 24.3 Å². The van der Waals surface area contributed by atoms with Crippen molar-refractivity contribution in [2.24, 2.45) is 20.0 Å². The van der Waals surface area contributed by atoms with Crippen molar-refractivity contribution < 1.29 is 13.2 Å². The van der Waals surface area contributed by atoms with Gasteiger partial charge in [-0.05, 0) is 56.0 Å². The molecule has 7 heteroatoms. The number of amidine groups is 1. The second kappa shape index (κ2) is 12.5. The fraction of sp³-hybridized carbons (Fsp3) is 0.290. The summed E-state index contributed by atoms with van der Waals surface area (Å²) in [5, 5.41) is 0. The highest BCUT2D eigenvalue weighted by Crippen LogP contribution is 2.28. The molecule has 0 spiro atoms. The summed E-state index contributed by atoms with van der Waals surface area (Å²) in [4.78, 5) is 17.5. The molecule has 0 saturated heterocycles. The Morgan fingerprint density at radius 2 is 1.82 bits per heavy atom. The number of rotatable bonds is 10. The van der Waals surface area contributed by atoms with Gasteiger partial charge in [-0.15, -0.1) is 0 Å². The summed E-state index contributed by atoms with van der Waals surface area (Å²) in [5.74, 6) is -0.0421. The maximum absolute atomic E-state index is 14.3. The quantitative estimate of drug-likeness (QED) is 0.258. The lowest BCUT2D eigenvalue weighted by molar-refractivity contribution is 0.484. The molecule has 3 aromatic rings. The van der Waals surface area contributed by atoms with Crippen molar-refractivity contribution in [2.45, 2.75) is 46.5 Å². The van der Waals surface area contributed by atoms with Gasteiger partial charge in [0.15, 0.2) is 17.5 Å². The topological polar surface area (TPSA) is 62.6 Å². The minimum absolute atomic E-state index is 0.0236. The van der Waals surface area contributed by atoms with E-state index < -0.39 is 11.6 Å². The number of hydrogen-bond acceptors (Lipinski definition) is 5. The van der Waals surface area contributed by atoms with E-state index in [1.807, 2.05) is 13.0 Å². The molecule has 0 unspecified atom stereocenters. The number of halogens is 2. The van der Waals surface area contributed by atoms with Crippen LogP contribution in [0.1, 0.15) is 55.8 Å². The number of hydrogen-bond donors (Lipinski definition) is 0. The Hall–Kier alpha value is -4.00. The van der Waals surface area contributed by atoms with Crippen LogP contribution < -0.4 is 0 Å². The summed E-state index contributed by atoms with van der Waals surface area (Å²) < 4.78 is 34.0. The van der Waals surface area contributed by atoms with Gasteiger partial charge in [-0.1, -0.05) is 49.8 Å². The van der Waals surface area contributed by atoms with E-state index in [2.05, 4.69) is 64.1 Å². The van der Waals surface area contributed by atoms with E-state index in [1.165, 1.54) is 12.1 Å². The first kappa shape index (κ1) is 27.0. The molecule has 196 valence electrons. The lowest BCUT2D eigenvalue weighted by Crippen LogP contribution is -2.02. The minimum atomic E-state index is -0.963. The summed E-state index contributed by atoms with van der Waals surface area (Å²) in [6.07, 6.45) is 6.80. The Kier molecular flexibility index (Phi) is 8.89. The monoisotopic (exact) mass is 514 g/mol. The summed E-state index contributed by atoms with van der Waals surface area (Å²) >= 11 is 0. The maximum atomic E-state index is 14.3. The predicted octanol–water partition coefficient (Wildman–Crippen LogP) is 7.56. The number of benzene rings is 2. The molecule has 0 atom stereocenters. The maximum Gasteiger partial charge on any atom is 0.169 e. The zero-order valence-corrected chi connectivity index (χ0v) is 22.3. The second-order valence-corrected chi connectivity index (χ2v) is 8.98. The Morgan fingerprint density at radius 1 is 1.03 bits per heavy atom. The molecule has 0 saturated carbocycles. The van der Waals surface area contributed by atoms with Gasteiger partial charge >= 0.3 is 0 Å². The molecule has 5 nitrogen and oxygen atoms in total. The highest BCUT2D eigenvalue weighted by atomic mass is 19.2. The molecule has 1 aliphatic heterocycles. The Bertz CT molecular complexity index is 1440. The Labute approximate surface area is 222 Å². The molecular weight excluding hydrogens is 482 g/mol. The summed E-state index contributed by atoms with van der Waals surface area (Å²) in [7, 11) is 1.63. The van der Waals surface area contributed by atoms with E-state index in [9.17, 15) is 8.78 Å². The fourth-order valence-corrected chi connectivity index (χ4v) is 4.42. The van der Waals surface area contributed by atoms with Crippen LogP contribution in [0.25, 0.3) is 11.1 Å². The summed E-state index contributed by atoms with van der Waals surface area (Å²) in [6.45, 7) is 6.97. The molecule has 0 radical (unpaired) electrons. The number of aryl methyl sites for hydroxylation is 2. The zero-order chi connectivity index (χ0) is 27.1. The zero-order valence-electron chi connectivity index (χ0n) is 22.3. The number of aliphatic imine (C=N–C) groups is 4. The Balaban J connectivity index is 1.49. The van der Waals surface area contributed by atoms with Crippen LogP contribution in [0.3, 0.4) is 0 Å². The molecule has 2 aromatic carbocycles. The average molecular weight is 515 g/mol. The molecule has 2 heterocycles. The molecule has 0 amide bonds. The molecule has 4 rings (SSSR count). The van der Waals surface area contributed by atoms with Crippen molar-refractivity contribution in [2.75, 3.05) is 13.6 Å². The van der Waals surface area contributed by atoms with E-state index in [0.717, 1.165) is 59.4 Å². The van der Waals surface area contributed by atoms with E-state index in [1.54, 1.807) is 13.3 Å². The Morgan fingerprint density at radius 3 is 2.53 bits per heavy atom. The first-order chi connectivity index (χ1) is 18.4. The summed E-state index contributed by atoms with van der Waals surface area (Å²) in [5.41, 5.74) is 5.58. The van der Waals surface area contributed by atoms with Crippen molar-refractivity contribution in [1.82, 2.24) is 0 Å². The van der Waals surface area contributed by atoms with Gasteiger partial charge in [-0.25, -0.2) is 18.8 Å². The third-order valence-corrected chi connectivity index (χ3v) is 6.22. The minimum Gasteiger partial charge on any atom is -0.466 e. The van der Waals surface area contributed by atoms with Gasteiger partial charge in [-0.3, -0.25) is 9.98 Å². The van der Waals surface area contributed by atoms with Crippen LogP contribution in [-0.4, -0.2) is 37.1 Å². The predicted molar refractivity (Wildman–Crippen MR) is 152 cm³/mol. The largest absolute Gasteiger partial charge is 0.466 e. The van der Waals surface area contributed by atoms with Crippen molar-refractivity contribution >= 4 is 23.5 Å². The standard InChI is InChI=1S/C31H32F2N4O/c1-5-9-27(35-6-2)22-16-14-21(15-17-22)25-18-23(38-20(25)3)10-7-13-28-29(19-34-4)37-31(36-28)24-11-8-12-26(32)30(24)33/h8,11-19H,5-7,9-10H2,1-4H3/b28-13+,34-19?,35-27?. The van der Waals surface area contributed by atoms with Crippen molar-refractivity contribution in [3.8, 4) is 11.1 Å². The highest BCUT2D eigenvalue weighted by Gasteiger charge is 2.20. The molecule has 1 aliphatic rings. The van der Waals surface area contributed by atoms with Crippen LogP contribution in [0.2, 0.25) is 0 Å². The van der Waals surface area contributed by atoms with Crippen molar-refractivity contribution in [1.29, 1.82) is 0 Å². The first-order valence-electron chi connectivity index (χ1n) is 12.9. The molecule has 0 bridgehead atoms. The molecule has 0 aliphatic carbocycles. The van der Waals surface area contributed by atoms with E-state index >= 15 is 0 Å². The van der Waals surface area contributed by atoms with Gasteiger partial charge in [0.25, 0.3) is 0 Å². The smallest absolute Gasteiger partial charge is 0.169 e. The summed E-state index contributed by atoms with van der Waals surface area (Å²) in [6, 6.07) is 14.5. The fourth-order valence-electron chi connectivity index (χ4n) is 4.42. The SMILES string of the molecule is CCCC(=NCC)c1ccc(-c2cc(CC/C=C3/N=C(c4cccc(F)c4F)N=C3C=NC)oc2C)cc1. The van der Waals surface area contributed by atoms with Gasteiger partial charge in [0, 0.05) is 37.5 Å². The molecule has 38 heavy (non-hydrogen) atoms. The van der Waals surface area contributed by atoms with Crippen LogP contribution in [-0.2, 0) is 6.42 Å². The number of furan rings is 1. The van der Waals surface area contributed by atoms with E-state index in [4.69, 9.17) is 4.42 Å². The van der Waals surface area contributed by atoms with Gasteiger partial charge in [0.2, 0.25) is 0 Å². The van der Waals surface area contributed by atoms with Crippen LogP contribution in [0.15, 0.2) is 84.7 Å². The van der Waals surface area contributed by atoms with Crippen molar-refractivity contribution in [3.63, 3.8) is 0 Å². The average Bonchev–Trinajstić information content (AvgIpc) is 3.49. The van der Waals surface area contributed by atoms with Crippen molar-refractivity contribution in [3.05, 3.63) is 94.6 Å². The number of allylic oxidation sites excluding steroid dienone is 2. The van der Waals surface area contributed by atoms with E-state index in [-0.39, 0.29) is 11.4 Å². The molecule has 0 fully saturated rings. The third-order valence-electron chi connectivity index (χ3n) is 6.22. The normalized spacial score (nSPS) is 15.0. The van der Waals surface area contributed by atoms with Crippen LogP contribution >= 0.6 is 0 Å². The molecular formula is C31H32F2N4O. The number of nitrogens with zero attached hydrogens (tertiary/aromatic N) is 4. The van der Waals surface area contributed by atoms with Gasteiger partial charge in [0.05, 0.1) is 11.3 Å². The molecule has 1 aromatic heterocycles. The van der Waals surface area contributed by atoms with Gasteiger partial charge in [-0.2, -0.15) is 0 Å². The van der Waals surface area contributed by atoms with Crippen LogP contribution in [0.4, 0.5) is 8.78 Å². The third kappa shape index (κ3) is 6.10. The van der Waals surface area contributed by atoms with Gasteiger partial charge < -0.3 is 4.42 Å². The first-order valence-corrected chi connectivity index (χ1v) is 12.9. The van der Waals surface area contributed by atoms with Crippen LogP contribution in [0.5, 0.6) is 0 Å². The lowest BCUT2D eigenvalue weighted by Gasteiger charge is -2.07.